The third-order valence-electron chi connectivity index (χ3n) is 4.05. The summed E-state index contributed by atoms with van der Waals surface area (Å²) in [6.07, 6.45) is 3.45. The van der Waals surface area contributed by atoms with E-state index in [1.54, 1.807) is 24.5 Å². The van der Waals surface area contributed by atoms with Crippen LogP contribution in [-0.2, 0) is 13.2 Å². The average Bonchev–Trinajstić information content (AvgIpc) is 3.00. The number of hydrogen-bond donors (Lipinski definition) is 1. The van der Waals surface area contributed by atoms with Crippen molar-refractivity contribution >= 4 is 17.4 Å². The largest absolute Gasteiger partial charge is 0.388 e. The second-order valence-electron chi connectivity index (χ2n) is 6.33. The number of aromatic nitrogens is 3. The zero-order valence-corrected chi connectivity index (χ0v) is 15.9. The van der Waals surface area contributed by atoms with Crippen LogP contribution in [0.1, 0.15) is 36.8 Å². The molecular weight excluding hydrogens is 364 g/mol. The van der Waals surface area contributed by atoms with Gasteiger partial charge in [0.25, 0.3) is 5.69 Å². The summed E-state index contributed by atoms with van der Waals surface area (Å²) in [5.74, 6) is 0.721. The fraction of sp³-hybridized carbons (Fsp3) is 0.263. The molecule has 0 bridgehead atoms. The Morgan fingerprint density at radius 1 is 1.26 bits per heavy atom. The highest BCUT2D eigenvalue weighted by Crippen LogP contribution is 2.36. The van der Waals surface area contributed by atoms with Crippen LogP contribution in [0.15, 0.2) is 58.7 Å². The zero-order valence-electron chi connectivity index (χ0n) is 15.1. The fourth-order valence-corrected chi connectivity index (χ4v) is 3.93. The Labute approximate surface area is 161 Å². The molecule has 27 heavy (non-hydrogen) atoms. The predicted octanol–water partition coefficient (Wildman–Crippen LogP) is 4.00. The van der Waals surface area contributed by atoms with Gasteiger partial charge >= 0.3 is 0 Å². The van der Waals surface area contributed by atoms with Gasteiger partial charge in [-0.1, -0.05) is 31.7 Å². The first-order valence-electron chi connectivity index (χ1n) is 8.51. The second-order valence-corrected chi connectivity index (χ2v) is 7.39. The van der Waals surface area contributed by atoms with E-state index in [4.69, 9.17) is 0 Å². The Morgan fingerprint density at radius 2 is 2.00 bits per heavy atom. The van der Waals surface area contributed by atoms with Crippen molar-refractivity contribution in [2.24, 2.45) is 0 Å². The molecule has 3 aromatic rings. The van der Waals surface area contributed by atoms with E-state index >= 15 is 0 Å². The maximum absolute atomic E-state index is 11.1. The monoisotopic (exact) mass is 384 g/mol. The molecule has 0 aliphatic rings. The van der Waals surface area contributed by atoms with Gasteiger partial charge in [-0.2, -0.15) is 0 Å². The normalized spacial score (nSPS) is 11.1. The lowest BCUT2D eigenvalue weighted by Crippen LogP contribution is -2.07. The van der Waals surface area contributed by atoms with Crippen LogP contribution in [0.25, 0.3) is 0 Å². The Morgan fingerprint density at radius 3 is 2.63 bits per heavy atom. The molecule has 2 heterocycles. The highest BCUT2D eigenvalue weighted by atomic mass is 32.2. The Balaban J connectivity index is 2.05. The van der Waals surface area contributed by atoms with Gasteiger partial charge in [0.05, 0.1) is 17.2 Å². The van der Waals surface area contributed by atoms with Crippen molar-refractivity contribution in [3.05, 3.63) is 76.0 Å². The molecule has 0 spiro atoms. The molecule has 0 saturated heterocycles. The van der Waals surface area contributed by atoms with Crippen LogP contribution in [0.2, 0.25) is 0 Å². The third-order valence-corrected chi connectivity index (χ3v) is 5.16. The van der Waals surface area contributed by atoms with E-state index in [0.29, 0.717) is 12.4 Å². The number of hydrogen-bond acceptors (Lipinski definition) is 6. The molecule has 0 aliphatic carbocycles. The molecule has 7 nitrogen and oxygen atoms in total. The van der Waals surface area contributed by atoms with E-state index in [-0.39, 0.29) is 18.2 Å². The molecule has 0 radical (unpaired) electrons. The summed E-state index contributed by atoms with van der Waals surface area (Å²) >= 11 is 1.43. The Bertz CT molecular complexity index is 941. The van der Waals surface area contributed by atoms with Gasteiger partial charge in [-0.15, -0.1) is 0 Å². The molecule has 0 fully saturated rings. The maximum atomic E-state index is 11.1. The molecule has 0 aliphatic heterocycles. The molecule has 140 valence electrons. The van der Waals surface area contributed by atoms with Gasteiger partial charge in [0.2, 0.25) is 0 Å². The van der Waals surface area contributed by atoms with Gasteiger partial charge in [-0.25, -0.2) is 4.98 Å². The summed E-state index contributed by atoms with van der Waals surface area (Å²) in [5, 5.41) is 21.8. The second kappa shape index (κ2) is 8.32. The van der Waals surface area contributed by atoms with Crippen LogP contribution in [0.4, 0.5) is 5.69 Å². The first-order chi connectivity index (χ1) is 13.0. The van der Waals surface area contributed by atoms with Crippen molar-refractivity contribution in [3.8, 4) is 0 Å². The third kappa shape index (κ3) is 4.35. The number of aliphatic hydroxyl groups is 1. The van der Waals surface area contributed by atoms with Crippen molar-refractivity contribution in [1.29, 1.82) is 0 Å². The lowest BCUT2D eigenvalue weighted by Gasteiger charge is -2.13. The smallest absolute Gasteiger partial charge is 0.270 e. The van der Waals surface area contributed by atoms with Crippen molar-refractivity contribution in [2.45, 2.75) is 42.8 Å². The van der Waals surface area contributed by atoms with E-state index in [2.05, 4.69) is 9.97 Å². The minimum atomic E-state index is -0.402. The summed E-state index contributed by atoms with van der Waals surface area (Å²) in [6.45, 7) is 4.44. The summed E-state index contributed by atoms with van der Waals surface area (Å²) in [6, 6.07) is 10.4. The molecule has 2 aromatic heterocycles. The van der Waals surface area contributed by atoms with E-state index in [1.807, 2.05) is 36.6 Å². The van der Waals surface area contributed by atoms with Gasteiger partial charge in [0.1, 0.15) is 17.5 Å². The molecule has 0 atom stereocenters. The summed E-state index contributed by atoms with van der Waals surface area (Å²) in [5.41, 5.74) is 1.95. The zero-order chi connectivity index (χ0) is 19.4. The Kier molecular flexibility index (Phi) is 5.88. The molecular formula is C19H20N4O3S. The lowest BCUT2D eigenvalue weighted by molar-refractivity contribution is -0.385. The highest BCUT2D eigenvalue weighted by Gasteiger charge is 2.21. The van der Waals surface area contributed by atoms with Gasteiger partial charge in [-0.3, -0.25) is 15.1 Å². The van der Waals surface area contributed by atoms with Gasteiger partial charge in [0, 0.05) is 29.4 Å². The van der Waals surface area contributed by atoms with E-state index in [9.17, 15) is 15.2 Å². The van der Waals surface area contributed by atoms with Crippen LogP contribution >= 0.6 is 11.8 Å². The molecule has 3 rings (SSSR count). The quantitative estimate of drug-likeness (QED) is 0.489. The van der Waals surface area contributed by atoms with Crippen LogP contribution < -0.4 is 0 Å². The number of nitro groups is 1. The van der Waals surface area contributed by atoms with Crippen LogP contribution in [-0.4, -0.2) is 24.6 Å². The highest BCUT2D eigenvalue weighted by molar-refractivity contribution is 7.99. The van der Waals surface area contributed by atoms with Crippen molar-refractivity contribution in [2.75, 3.05) is 0 Å². The minimum absolute atomic E-state index is 0.0497. The predicted molar refractivity (Wildman–Crippen MR) is 103 cm³/mol. The van der Waals surface area contributed by atoms with Crippen LogP contribution in [0, 0.1) is 10.1 Å². The summed E-state index contributed by atoms with van der Waals surface area (Å²) in [4.78, 5) is 20.1. The number of aliphatic hydroxyl groups excluding tert-OH is 1. The summed E-state index contributed by atoms with van der Waals surface area (Å²) < 4.78 is 1.97. The minimum Gasteiger partial charge on any atom is -0.388 e. The maximum Gasteiger partial charge on any atom is 0.270 e. The van der Waals surface area contributed by atoms with Gasteiger partial charge < -0.3 is 9.67 Å². The fourth-order valence-electron chi connectivity index (χ4n) is 2.71. The first kappa shape index (κ1) is 19.1. The van der Waals surface area contributed by atoms with Gasteiger partial charge in [-0.05, 0) is 29.7 Å². The molecule has 0 amide bonds. The molecule has 0 saturated carbocycles. The van der Waals surface area contributed by atoms with Crippen LogP contribution in [0.3, 0.4) is 0 Å². The number of nitro benzene ring substituents is 1. The first-order valence-corrected chi connectivity index (χ1v) is 9.32. The lowest BCUT2D eigenvalue weighted by atomic mass is 10.1. The number of nitrogens with zero attached hydrogens (tertiary/aromatic N) is 4. The average molecular weight is 384 g/mol. The number of non-ortho nitro benzene ring substituents is 1. The molecule has 8 heteroatoms. The number of imidazole rings is 1. The standard InChI is InChI=1S/C19H20N4O3S/c1-13(2)18-19(27-16-5-3-4-15(10-16)23(25)26)22(17(12-24)21-18)11-14-6-8-20-9-7-14/h3-10,13,24H,11-12H2,1-2H3. The van der Waals surface area contributed by atoms with Gasteiger partial charge in [0.15, 0.2) is 0 Å². The SMILES string of the molecule is CC(C)c1nc(CO)n(Cc2ccncc2)c1Sc1cccc([N+](=O)[O-])c1. The van der Waals surface area contributed by atoms with E-state index in [0.717, 1.165) is 21.2 Å². The molecule has 1 aromatic carbocycles. The van der Waals surface area contributed by atoms with Crippen LogP contribution in [0.5, 0.6) is 0 Å². The number of rotatable bonds is 7. The van der Waals surface area contributed by atoms with E-state index < -0.39 is 4.92 Å². The van der Waals surface area contributed by atoms with Crippen molar-refractivity contribution < 1.29 is 10.0 Å². The van der Waals surface area contributed by atoms with E-state index in [1.165, 1.54) is 17.8 Å². The molecule has 1 N–H and O–H groups in total. The molecule has 0 unspecified atom stereocenters. The van der Waals surface area contributed by atoms with Crippen molar-refractivity contribution in [1.82, 2.24) is 14.5 Å². The Hall–Kier alpha value is -2.71. The number of benzene rings is 1. The van der Waals surface area contributed by atoms with Crippen molar-refractivity contribution in [3.63, 3.8) is 0 Å². The number of pyridine rings is 1. The summed E-state index contributed by atoms with van der Waals surface area (Å²) in [7, 11) is 0. The topological polar surface area (TPSA) is 94.1 Å².